The Balaban J connectivity index is 2.09. The molecule has 4 heteroatoms. The second-order valence-corrected chi connectivity index (χ2v) is 5.54. The predicted molar refractivity (Wildman–Crippen MR) is 63.6 cm³/mol. The number of benzene rings is 1. The first-order valence-electron chi connectivity index (χ1n) is 4.71. The molecule has 2 rings (SSSR count). The van der Waals surface area contributed by atoms with Gasteiger partial charge in [0.2, 0.25) is 0 Å². The second-order valence-electron chi connectivity index (χ2n) is 3.61. The molecule has 0 atom stereocenters. The molecule has 80 valence electrons. The van der Waals surface area contributed by atoms with Crippen LogP contribution in [0, 0.1) is 11.7 Å². The van der Waals surface area contributed by atoms with E-state index in [1.54, 1.807) is 17.8 Å². The lowest BCUT2D eigenvalue weighted by atomic mass is 10.0. The number of carbonyl (C=O) groups excluding carboxylic acids is 1. The van der Waals surface area contributed by atoms with Gasteiger partial charge in [-0.15, -0.1) is 0 Å². The molecule has 0 spiro atoms. The van der Waals surface area contributed by atoms with Gasteiger partial charge < -0.3 is 0 Å². The summed E-state index contributed by atoms with van der Waals surface area (Å²) in [5.74, 6) is 1.96. The van der Waals surface area contributed by atoms with Crippen molar-refractivity contribution in [3.05, 3.63) is 34.1 Å². The predicted octanol–water partition coefficient (Wildman–Crippen LogP) is 3.06. The number of carbonyl (C=O) groups is 1. The van der Waals surface area contributed by atoms with Crippen molar-refractivity contribution in [2.24, 2.45) is 5.92 Å². The van der Waals surface area contributed by atoms with E-state index in [1.165, 1.54) is 12.1 Å². The lowest BCUT2D eigenvalue weighted by Gasteiger charge is -2.23. The van der Waals surface area contributed by atoms with Gasteiger partial charge in [-0.1, -0.05) is 15.9 Å². The van der Waals surface area contributed by atoms with Gasteiger partial charge >= 0.3 is 0 Å². The van der Waals surface area contributed by atoms with Crippen molar-refractivity contribution in [3.8, 4) is 0 Å². The minimum Gasteiger partial charge on any atom is -0.299 e. The highest BCUT2D eigenvalue weighted by Gasteiger charge is 2.26. The molecule has 1 aliphatic heterocycles. The first kappa shape index (κ1) is 11.1. The second kappa shape index (κ2) is 4.66. The largest absolute Gasteiger partial charge is 0.299 e. The molecule has 1 aliphatic rings. The Morgan fingerprint density at radius 3 is 2.87 bits per heavy atom. The van der Waals surface area contributed by atoms with Gasteiger partial charge in [0.05, 0.1) is 0 Å². The molecular weight excluding hydrogens is 279 g/mol. The number of hydrogen-bond donors (Lipinski definition) is 0. The Kier molecular flexibility index (Phi) is 3.46. The molecule has 1 heterocycles. The van der Waals surface area contributed by atoms with E-state index in [2.05, 4.69) is 15.9 Å². The summed E-state index contributed by atoms with van der Waals surface area (Å²) in [7, 11) is 0. The fourth-order valence-electron chi connectivity index (χ4n) is 1.43. The van der Waals surface area contributed by atoms with Crippen LogP contribution in [-0.2, 0) is 11.2 Å². The van der Waals surface area contributed by atoms with Gasteiger partial charge in [-0.2, -0.15) is 11.8 Å². The van der Waals surface area contributed by atoms with Crippen molar-refractivity contribution < 1.29 is 9.18 Å². The molecule has 15 heavy (non-hydrogen) atoms. The molecule has 0 radical (unpaired) electrons. The third-order valence-corrected chi connectivity index (χ3v) is 4.52. The summed E-state index contributed by atoms with van der Waals surface area (Å²) in [6.45, 7) is 0. The molecule has 0 bridgehead atoms. The summed E-state index contributed by atoms with van der Waals surface area (Å²) in [6, 6.07) is 4.46. The van der Waals surface area contributed by atoms with Crippen molar-refractivity contribution >= 4 is 33.5 Å². The molecule has 0 amide bonds. The summed E-state index contributed by atoms with van der Waals surface area (Å²) < 4.78 is 13.8. The lowest BCUT2D eigenvalue weighted by molar-refractivity contribution is -0.121. The minimum absolute atomic E-state index is 0.185. The topological polar surface area (TPSA) is 17.1 Å². The van der Waals surface area contributed by atoms with E-state index >= 15 is 0 Å². The Hall–Kier alpha value is -0.350. The van der Waals surface area contributed by atoms with Gasteiger partial charge in [0.1, 0.15) is 11.6 Å². The zero-order valence-corrected chi connectivity index (χ0v) is 10.4. The van der Waals surface area contributed by atoms with E-state index in [0.29, 0.717) is 6.42 Å². The molecule has 0 aromatic heterocycles. The zero-order valence-electron chi connectivity index (χ0n) is 8.00. The Morgan fingerprint density at radius 2 is 2.27 bits per heavy atom. The van der Waals surface area contributed by atoms with Crippen LogP contribution in [-0.4, -0.2) is 17.3 Å². The van der Waals surface area contributed by atoms with Crippen LogP contribution in [0.2, 0.25) is 0 Å². The molecule has 0 aliphatic carbocycles. The van der Waals surface area contributed by atoms with Crippen LogP contribution in [0.25, 0.3) is 0 Å². The number of halogens is 2. The third kappa shape index (κ3) is 2.61. The van der Waals surface area contributed by atoms with Gasteiger partial charge in [-0.25, -0.2) is 4.39 Å². The van der Waals surface area contributed by atoms with E-state index in [4.69, 9.17) is 0 Å². The van der Waals surface area contributed by atoms with Crippen LogP contribution >= 0.6 is 27.7 Å². The monoisotopic (exact) mass is 288 g/mol. The van der Waals surface area contributed by atoms with Crippen molar-refractivity contribution in [1.82, 2.24) is 0 Å². The maximum atomic E-state index is 13.0. The highest BCUT2D eigenvalue weighted by molar-refractivity contribution is 9.10. The summed E-state index contributed by atoms with van der Waals surface area (Å²) in [5.41, 5.74) is 0.747. The maximum absolute atomic E-state index is 13.0. The Labute approximate surface area is 101 Å². The van der Waals surface area contributed by atoms with Crippen LogP contribution in [0.5, 0.6) is 0 Å². The first-order chi connectivity index (χ1) is 7.16. The fraction of sp³-hybridized carbons (Fsp3) is 0.364. The third-order valence-electron chi connectivity index (χ3n) is 2.47. The molecule has 1 nitrogen and oxygen atoms in total. The fourth-order valence-corrected chi connectivity index (χ4v) is 2.66. The normalized spacial score (nSPS) is 16.1. The highest BCUT2D eigenvalue weighted by atomic mass is 79.9. The maximum Gasteiger partial charge on any atom is 0.142 e. The van der Waals surface area contributed by atoms with Gasteiger partial charge in [0.15, 0.2) is 0 Å². The van der Waals surface area contributed by atoms with Crippen molar-refractivity contribution in [3.63, 3.8) is 0 Å². The minimum atomic E-state index is -0.288. The zero-order chi connectivity index (χ0) is 10.8. The summed E-state index contributed by atoms with van der Waals surface area (Å²) in [5, 5.41) is 0. The molecule has 1 saturated heterocycles. The first-order valence-corrected chi connectivity index (χ1v) is 6.66. The average Bonchev–Trinajstić information content (AvgIpc) is 2.08. The smallest absolute Gasteiger partial charge is 0.142 e. The van der Waals surface area contributed by atoms with Crippen molar-refractivity contribution in [2.45, 2.75) is 6.42 Å². The van der Waals surface area contributed by atoms with Gasteiger partial charge in [0, 0.05) is 28.3 Å². The van der Waals surface area contributed by atoms with Crippen molar-refractivity contribution in [2.75, 3.05) is 11.5 Å². The number of hydrogen-bond acceptors (Lipinski definition) is 2. The molecule has 0 saturated carbocycles. The Bertz CT molecular complexity index is 390. The lowest BCUT2D eigenvalue weighted by Crippen LogP contribution is -2.28. The molecule has 1 aromatic rings. The summed E-state index contributed by atoms with van der Waals surface area (Å²) >= 11 is 5.11. The highest BCUT2D eigenvalue weighted by Crippen LogP contribution is 2.27. The van der Waals surface area contributed by atoms with Crippen LogP contribution in [0.4, 0.5) is 4.39 Å². The van der Waals surface area contributed by atoms with Crippen LogP contribution in [0.1, 0.15) is 5.56 Å². The number of rotatable bonds is 3. The molecule has 1 aromatic carbocycles. The van der Waals surface area contributed by atoms with E-state index in [1.807, 2.05) is 0 Å². The van der Waals surface area contributed by atoms with E-state index in [-0.39, 0.29) is 17.5 Å². The van der Waals surface area contributed by atoms with Gasteiger partial charge in [-0.3, -0.25) is 4.79 Å². The molecule has 0 N–H and O–H groups in total. The standard InChI is InChI=1S/C11H10BrFOS/c12-10-2-1-9(13)3-7(10)4-11(14)8-5-15-6-8/h1-3,8H,4-6H2. The number of thioether (sulfide) groups is 1. The van der Waals surface area contributed by atoms with Crippen LogP contribution in [0.15, 0.2) is 22.7 Å². The van der Waals surface area contributed by atoms with Crippen LogP contribution in [0.3, 0.4) is 0 Å². The van der Waals surface area contributed by atoms with E-state index < -0.39 is 0 Å². The van der Waals surface area contributed by atoms with E-state index in [0.717, 1.165) is 21.5 Å². The average molecular weight is 289 g/mol. The molecule has 1 fully saturated rings. The Morgan fingerprint density at radius 1 is 1.53 bits per heavy atom. The SMILES string of the molecule is O=C(Cc1cc(F)ccc1Br)C1CSC1. The number of Topliss-reactive ketones (excluding diaryl/α,β-unsaturated/α-hetero) is 1. The van der Waals surface area contributed by atoms with Gasteiger partial charge in [-0.05, 0) is 23.8 Å². The summed E-state index contributed by atoms with van der Waals surface area (Å²) in [6.07, 6.45) is 0.337. The van der Waals surface area contributed by atoms with Crippen molar-refractivity contribution in [1.29, 1.82) is 0 Å². The molecule has 0 unspecified atom stereocenters. The van der Waals surface area contributed by atoms with Gasteiger partial charge in [0.25, 0.3) is 0 Å². The van der Waals surface area contributed by atoms with E-state index in [9.17, 15) is 9.18 Å². The van der Waals surface area contributed by atoms with Crippen LogP contribution < -0.4 is 0 Å². The molecular formula is C11H10BrFOS. The number of ketones is 1. The quantitative estimate of drug-likeness (QED) is 0.850. The summed E-state index contributed by atoms with van der Waals surface area (Å²) in [4.78, 5) is 11.7.